The highest BCUT2D eigenvalue weighted by molar-refractivity contribution is 7.85. The molecular weight excluding hydrogens is 153 g/mol. The van der Waals surface area contributed by atoms with Gasteiger partial charge in [0.15, 0.2) is 0 Å². The maximum Gasteiger partial charge on any atom is 0.102 e. The van der Waals surface area contributed by atoms with Gasteiger partial charge in [0.1, 0.15) is 6.67 Å². The van der Waals surface area contributed by atoms with Crippen molar-refractivity contribution in [2.24, 2.45) is 0 Å². The van der Waals surface area contributed by atoms with Gasteiger partial charge in [0.25, 0.3) is 0 Å². The fourth-order valence-corrected chi connectivity index (χ4v) is 2.15. The SMILES string of the molecule is O=S1CCN(CCF)CC1. The monoisotopic (exact) mass is 165 g/mol. The van der Waals surface area contributed by atoms with Crippen LogP contribution in [0.25, 0.3) is 0 Å². The van der Waals surface area contributed by atoms with Crippen LogP contribution in [0.5, 0.6) is 0 Å². The Morgan fingerprint density at radius 3 is 2.50 bits per heavy atom. The first-order valence-corrected chi connectivity index (χ1v) is 4.95. The van der Waals surface area contributed by atoms with E-state index >= 15 is 0 Å². The molecule has 0 N–H and O–H groups in total. The van der Waals surface area contributed by atoms with E-state index < -0.39 is 10.8 Å². The molecule has 60 valence electrons. The second-order valence-corrected chi connectivity index (χ2v) is 4.07. The molecule has 0 aromatic rings. The van der Waals surface area contributed by atoms with E-state index in [2.05, 4.69) is 0 Å². The topological polar surface area (TPSA) is 20.3 Å². The van der Waals surface area contributed by atoms with Gasteiger partial charge < -0.3 is 0 Å². The minimum atomic E-state index is -0.629. The van der Waals surface area contributed by atoms with Crippen molar-refractivity contribution in [3.63, 3.8) is 0 Å². The fourth-order valence-electron chi connectivity index (χ4n) is 1.02. The van der Waals surface area contributed by atoms with E-state index in [4.69, 9.17) is 0 Å². The van der Waals surface area contributed by atoms with E-state index in [-0.39, 0.29) is 6.67 Å². The van der Waals surface area contributed by atoms with Crippen molar-refractivity contribution in [1.29, 1.82) is 0 Å². The lowest BCUT2D eigenvalue weighted by Gasteiger charge is -2.24. The minimum Gasteiger partial charge on any atom is -0.299 e. The molecule has 1 fully saturated rings. The largest absolute Gasteiger partial charge is 0.299 e. The molecule has 0 saturated carbocycles. The van der Waals surface area contributed by atoms with Crippen molar-refractivity contribution in [3.05, 3.63) is 0 Å². The summed E-state index contributed by atoms with van der Waals surface area (Å²) in [6, 6.07) is 0. The second kappa shape index (κ2) is 4.03. The van der Waals surface area contributed by atoms with E-state index in [0.717, 1.165) is 24.6 Å². The summed E-state index contributed by atoms with van der Waals surface area (Å²) in [5.41, 5.74) is 0. The third kappa shape index (κ3) is 2.34. The Kier molecular flexibility index (Phi) is 3.28. The molecule has 1 saturated heterocycles. The Labute approximate surface area is 62.9 Å². The predicted octanol–water partition coefficient (Wildman–Crippen LogP) is 0.0202. The van der Waals surface area contributed by atoms with E-state index in [1.807, 2.05) is 4.90 Å². The van der Waals surface area contributed by atoms with Crippen LogP contribution in [-0.2, 0) is 10.8 Å². The second-order valence-electron chi connectivity index (χ2n) is 2.38. The fraction of sp³-hybridized carbons (Fsp3) is 1.00. The van der Waals surface area contributed by atoms with Gasteiger partial charge in [-0.15, -0.1) is 0 Å². The van der Waals surface area contributed by atoms with Crippen LogP contribution < -0.4 is 0 Å². The Morgan fingerprint density at radius 1 is 1.40 bits per heavy atom. The summed E-state index contributed by atoms with van der Waals surface area (Å²) in [6.45, 7) is 1.83. The van der Waals surface area contributed by atoms with E-state index in [1.165, 1.54) is 0 Å². The van der Waals surface area contributed by atoms with Crippen molar-refractivity contribution in [2.75, 3.05) is 37.8 Å². The van der Waals surface area contributed by atoms with Gasteiger partial charge in [-0.1, -0.05) is 0 Å². The molecule has 1 heterocycles. The molecule has 1 aliphatic heterocycles. The Bertz CT molecular complexity index is 121. The molecule has 0 aromatic heterocycles. The Morgan fingerprint density at radius 2 is 2.00 bits per heavy atom. The molecule has 0 spiro atoms. The lowest BCUT2D eigenvalue weighted by Crippen LogP contribution is -2.38. The average molecular weight is 165 g/mol. The first-order valence-electron chi connectivity index (χ1n) is 3.46. The Hall–Kier alpha value is 0.0400. The molecule has 4 heteroatoms. The molecule has 0 aromatic carbocycles. The van der Waals surface area contributed by atoms with Crippen LogP contribution in [0, 0.1) is 0 Å². The van der Waals surface area contributed by atoms with E-state index in [1.54, 1.807) is 0 Å². The number of hydrogen-bond acceptors (Lipinski definition) is 2. The van der Waals surface area contributed by atoms with Crippen LogP contribution in [0.4, 0.5) is 4.39 Å². The molecule has 0 unspecified atom stereocenters. The van der Waals surface area contributed by atoms with Crippen molar-refractivity contribution >= 4 is 10.8 Å². The highest BCUT2D eigenvalue weighted by Gasteiger charge is 2.13. The summed E-state index contributed by atoms with van der Waals surface area (Å²) in [5, 5.41) is 0. The van der Waals surface area contributed by atoms with E-state index in [9.17, 15) is 8.60 Å². The van der Waals surface area contributed by atoms with Gasteiger partial charge in [0.2, 0.25) is 0 Å². The summed E-state index contributed by atoms with van der Waals surface area (Å²) in [4.78, 5) is 2.02. The van der Waals surface area contributed by atoms with Gasteiger partial charge in [0.05, 0.1) is 0 Å². The Balaban J connectivity index is 2.19. The zero-order chi connectivity index (χ0) is 7.40. The lowest BCUT2D eigenvalue weighted by molar-refractivity contribution is 0.268. The zero-order valence-electron chi connectivity index (χ0n) is 5.88. The van der Waals surface area contributed by atoms with Gasteiger partial charge in [-0.05, 0) is 0 Å². The molecule has 0 radical (unpaired) electrons. The number of rotatable bonds is 2. The third-order valence-corrected chi connectivity index (χ3v) is 2.95. The highest BCUT2D eigenvalue weighted by atomic mass is 32.2. The van der Waals surface area contributed by atoms with Crippen molar-refractivity contribution < 1.29 is 8.60 Å². The molecule has 2 nitrogen and oxygen atoms in total. The van der Waals surface area contributed by atoms with Gasteiger partial charge in [-0.2, -0.15) is 0 Å². The first-order chi connectivity index (χ1) is 4.83. The van der Waals surface area contributed by atoms with Crippen LogP contribution >= 0.6 is 0 Å². The summed E-state index contributed by atoms with van der Waals surface area (Å²) in [7, 11) is -0.629. The molecule has 0 atom stereocenters. The van der Waals surface area contributed by atoms with Crippen LogP contribution in [0.3, 0.4) is 0 Å². The number of alkyl halides is 1. The van der Waals surface area contributed by atoms with E-state index in [0.29, 0.717) is 6.54 Å². The third-order valence-electron chi connectivity index (χ3n) is 1.67. The van der Waals surface area contributed by atoms with Crippen LogP contribution in [0.1, 0.15) is 0 Å². The molecular formula is C6H12FNOS. The molecule has 0 aliphatic carbocycles. The maximum absolute atomic E-state index is 11.8. The lowest BCUT2D eigenvalue weighted by atomic mass is 10.5. The summed E-state index contributed by atoms with van der Waals surface area (Å²) in [6.07, 6.45) is 0. The predicted molar refractivity (Wildman–Crippen MR) is 40.3 cm³/mol. The number of halogens is 1. The maximum atomic E-state index is 11.8. The highest BCUT2D eigenvalue weighted by Crippen LogP contribution is 1.98. The standard InChI is InChI=1S/C6H12FNOS/c7-1-2-8-3-5-10(9)6-4-8/h1-6H2. The van der Waals surface area contributed by atoms with Crippen molar-refractivity contribution in [1.82, 2.24) is 4.90 Å². The summed E-state index contributed by atoms with van der Waals surface area (Å²) in [5.74, 6) is 1.44. The normalized spacial score (nSPS) is 23.3. The minimum absolute atomic E-state index is 0.285. The molecule has 1 aliphatic rings. The smallest absolute Gasteiger partial charge is 0.102 e. The van der Waals surface area contributed by atoms with Crippen LogP contribution in [0.2, 0.25) is 0 Å². The van der Waals surface area contributed by atoms with Crippen molar-refractivity contribution in [2.45, 2.75) is 0 Å². The van der Waals surface area contributed by atoms with Crippen molar-refractivity contribution in [3.8, 4) is 0 Å². The van der Waals surface area contributed by atoms with Gasteiger partial charge >= 0.3 is 0 Å². The zero-order valence-corrected chi connectivity index (χ0v) is 6.70. The quantitative estimate of drug-likeness (QED) is 0.575. The molecule has 1 rings (SSSR count). The van der Waals surface area contributed by atoms with Gasteiger partial charge in [-0.25, -0.2) is 4.39 Å². The summed E-state index contributed by atoms with van der Waals surface area (Å²) >= 11 is 0. The summed E-state index contributed by atoms with van der Waals surface area (Å²) < 4.78 is 22.6. The van der Waals surface area contributed by atoms with Crippen LogP contribution in [0.15, 0.2) is 0 Å². The first kappa shape index (κ1) is 8.14. The van der Waals surface area contributed by atoms with Crippen LogP contribution in [-0.4, -0.2) is 46.9 Å². The van der Waals surface area contributed by atoms with Gasteiger partial charge in [0, 0.05) is 41.9 Å². The number of hydrogen-bond donors (Lipinski definition) is 0. The molecule has 10 heavy (non-hydrogen) atoms. The van der Waals surface area contributed by atoms with Gasteiger partial charge in [-0.3, -0.25) is 9.11 Å². The molecule has 0 amide bonds. The average Bonchev–Trinajstić information content (AvgIpc) is 1.95. The molecule has 0 bridgehead atoms. The number of nitrogens with zero attached hydrogens (tertiary/aromatic N) is 1.